The highest BCUT2D eigenvalue weighted by Gasteiger charge is 2.45. The van der Waals surface area contributed by atoms with E-state index in [0.29, 0.717) is 10.7 Å². The maximum absolute atomic E-state index is 11.8. The third-order valence-electron chi connectivity index (χ3n) is 3.37. The Hall–Kier alpha value is -0.220. The zero-order valence-corrected chi connectivity index (χ0v) is 9.69. The van der Waals surface area contributed by atoms with Gasteiger partial charge in [-0.3, -0.25) is 4.79 Å². The minimum Gasteiger partial charge on any atom is -0.340 e. The van der Waals surface area contributed by atoms with Gasteiger partial charge in [-0.25, -0.2) is 0 Å². The summed E-state index contributed by atoms with van der Waals surface area (Å²) in [7, 11) is 1.87. The van der Waals surface area contributed by atoms with Crippen LogP contribution in [0, 0.1) is 0 Å². The summed E-state index contributed by atoms with van der Waals surface area (Å²) in [6.07, 6.45) is 5.69. The summed E-state index contributed by atoms with van der Waals surface area (Å²) in [5, 5.41) is 3.07. The quantitative estimate of drug-likeness (QED) is 0.748. The zero-order chi connectivity index (χ0) is 10.2. The molecule has 1 atom stereocenters. The minimum absolute atomic E-state index is 0.0765. The summed E-state index contributed by atoms with van der Waals surface area (Å²) in [6, 6.07) is 0.0765. The van der Waals surface area contributed by atoms with Crippen LogP contribution in [-0.4, -0.2) is 48.0 Å². The first-order valence-corrected chi connectivity index (χ1v) is 6.44. The van der Waals surface area contributed by atoms with Gasteiger partial charge < -0.3 is 10.2 Å². The number of likely N-dealkylation sites (N-methyl/N-ethyl adjacent to an activating group) is 1. The number of nitrogens with zero attached hydrogens (tertiary/aromatic N) is 1. The number of hydrogen-bond acceptors (Lipinski definition) is 3. The Morgan fingerprint density at radius 1 is 1.64 bits per heavy atom. The smallest absolute Gasteiger partial charge is 0.239 e. The molecule has 1 heterocycles. The van der Waals surface area contributed by atoms with E-state index in [9.17, 15) is 4.79 Å². The largest absolute Gasteiger partial charge is 0.340 e. The molecule has 0 bridgehead atoms. The summed E-state index contributed by atoms with van der Waals surface area (Å²) in [6.45, 7) is 1.90. The van der Waals surface area contributed by atoms with E-state index in [2.05, 4.69) is 11.6 Å². The van der Waals surface area contributed by atoms with Gasteiger partial charge in [0.1, 0.15) is 0 Å². The average molecular weight is 214 g/mol. The fraction of sp³-hybridized carbons (Fsp3) is 0.900. The van der Waals surface area contributed by atoms with Crippen molar-refractivity contribution in [2.75, 3.05) is 26.4 Å². The van der Waals surface area contributed by atoms with Gasteiger partial charge in [0.05, 0.1) is 6.04 Å². The number of nitrogens with one attached hydrogen (secondary N) is 1. The van der Waals surface area contributed by atoms with Crippen LogP contribution in [-0.2, 0) is 4.79 Å². The van der Waals surface area contributed by atoms with Crippen molar-refractivity contribution in [3.05, 3.63) is 0 Å². The van der Waals surface area contributed by atoms with E-state index in [0.717, 1.165) is 19.5 Å². The highest BCUT2D eigenvalue weighted by atomic mass is 32.2. The Bertz CT molecular complexity index is 240. The van der Waals surface area contributed by atoms with Crippen LogP contribution in [0.4, 0.5) is 0 Å². The van der Waals surface area contributed by atoms with Crippen LogP contribution in [0.1, 0.15) is 19.3 Å². The fourth-order valence-electron chi connectivity index (χ4n) is 2.08. The van der Waals surface area contributed by atoms with E-state index in [4.69, 9.17) is 0 Å². The van der Waals surface area contributed by atoms with Gasteiger partial charge in [0.2, 0.25) is 5.91 Å². The van der Waals surface area contributed by atoms with Crippen LogP contribution in [0.15, 0.2) is 0 Å². The molecule has 4 heteroatoms. The second-order valence-electron chi connectivity index (χ2n) is 4.28. The number of carbonyl (C=O) groups excluding carboxylic acids is 1. The van der Waals surface area contributed by atoms with E-state index in [1.54, 1.807) is 0 Å². The molecule has 80 valence electrons. The first-order chi connectivity index (χ1) is 6.71. The van der Waals surface area contributed by atoms with Gasteiger partial charge in [-0.05, 0) is 32.6 Å². The van der Waals surface area contributed by atoms with Gasteiger partial charge in [-0.2, -0.15) is 11.8 Å². The molecule has 2 rings (SSSR count). The second-order valence-corrected chi connectivity index (χ2v) is 5.55. The maximum Gasteiger partial charge on any atom is 0.239 e. The average Bonchev–Trinajstić information content (AvgIpc) is 2.89. The molecule has 1 aliphatic heterocycles. The van der Waals surface area contributed by atoms with Crippen molar-refractivity contribution in [2.45, 2.75) is 30.1 Å². The molecule has 2 fully saturated rings. The van der Waals surface area contributed by atoms with Crippen LogP contribution in [0.3, 0.4) is 0 Å². The molecule has 2 aliphatic rings. The first-order valence-electron chi connectivity index (χ1n) is 5.22. The normalized spacial score (nSPS) is 29.7. The predicted molar refractivity (Wildman–Crippen MR) is 59.5 cm³/mol. The van der Waals surface area contributed by atoms with Gasteiger partial charge in [-0.1, -0.05) is 0 Å². The zero-order valence-electron chi connectivity index (χ0n) is 8.88. The van der Waals surface area contributed by atoms with Crippen molar-refractivity contribution in [3.8, 4) is 0 Å². The maximum atomic E-state index is 11.8. The Balaban J connectivity index is 1.91. The molecule has 1 saturated heterocycles. The summed E-state index contributed by atoms with van der Waals surface area (Å²) in [4.78, 5) is 13.8. The Kier molecular flexibility index (Phi) is 2.75. The minimum atomic E-state index is 0.0765. The van der Waals surface area contributed by atoms with Gasteiger partial charge in [-0.15, -0.1) is 0 Å². The van der Waals surface area contributed by atoms with Gasteiger partial charge in [0.25, 0.3) is 0 Å². The molecule has 14 heavy (non-hydrogen) atoms. The third-order valence-corrected chi connectivity index (χ3v) is 4.77. The van der Waals surface area contributed by atoms with Crippen molar-refractivity contribution in [1.82, 2.24) is 10.2 Å². The van der Waals surface area contributed by atoms with Crippen LogP contribution in [0.25, 0.3) is 0 Å². The molecule has 1 aliphatic carbocycles. The Labute approximate surface area is 89.6 Å². The number of likely N-dealkylation sites (tertiary alicyclic amines) is 1. The Morgan fingerprint density at radius 3 is 2.79 bits per heavy atom. The summed E-state index contributed by atoms with van der Waals surface area (Å²) >= 11 is 1.92. The third kappa shape index (κ3) is 1.77. The highest BCUT2D eigenvalue weighted by Crippen LogP contribution is 2.48. The number of thioether (sulfide) groups is 1. The number of hydrogen-bond donors (Lipinski definition) is 1. The molecule has 1 saturated carbocycles. The molecule has 0 aromatic carbocycles. The fourth-order valence-corrected chi connectivity index (χ4v) is 2.87. The van der Waals surface area contributed by atoms with Crippen LogP contribution in [0.2, 0.25) is 0 Å². The van der Waals surface area contributed by atoms with Crippen molar-refractivity contribution >= 4 is 17.7 Å². The van der Waals surface area contributed by atoms with E-state index < -0.39 is 0 Å². The summed E-state index contributed by atoms with van der Waals surface area (Å²) in [5.74, 6) is 0.299. The van der Waals surface area contributed by atoms with Crippen molar-refractivity contribution in [3.63, 3.8) is 0 Å². The van der Waals surface area contributed by atoms with Crippen molar-refractivity contribution < 1.29 is 4.79 Å². The van der Waals surface area contributed by atoms with Gasteiger partial charge >= 0.3 is 0 Å². The molecule has 0 radical (unpaired) electrons. The van der Waals surface area contributed by atoms with Crippen LogP contribution >= 0.6 is 11.8 Å². The topological polar surface area (TPSA) is 32.3 Å². The van der Waals surface area contributed by atoms with Crippen LogP contribution < -0.4 is 5.32 Å². The van der Waals surface area contributed by atoms with Crippen molar-refractivity contribution in [2.24, 2.45) is 0 Å². The second kappa shape index (κ2) is 3.74. The van der Waals surface area contributed by atoms with Crippen LogP contribution in [0.5, 0.6) is 0 Å². The SMILES string of the molecule is CNC1CCN(CC2(SC)CC2)C1=O. The lowest BCUT2D eigenvalue weighted by atomic mass is 10.2. The molecule has 1 N–H and O–H groups in total. The lowest BCUT2D eigenvalue weighted by Crippen LogP contribution is -2.39. The molecular weight excluding hydrogens is 196 g/mol. The molecule has 0 aromatic rings. The first kappa shape index (κ1) is 10.3. The molecule has 3 nitrogen and oxygen atoms in total. The van der Waals surface area contributed by atoms with E-state index in [1.165, 1.54) is 12.8 Å². The van der Waals surface area contributed by atoms with Gasteiger partial charge in [0.15, 0.2) is 0 Å². The predicted octanol–water partition coefficient (Wildman–Crippen LogP) is 0.702. The number of carbonyl (C=O) groups is 1. The van der Waals surface area contributed by atoms with Crippen molar-refractivity contribution in [1.29, 1.82) is 0 Å². The van der Waals surface area contributed by atoms with E-state index >= 15 is 0 Å². The monoisotopic (exact) mass is 214 g/mol. The standard InChI is InChI=1S/C10H18N2OS/c1-11-8-3-6-12(9(8)13)7-10(14-2)4-5-10/h8,11H,3-7H2,1-2H3. The lowest BCUT2D eigenvalue weighted by Gasteiger charge is -2.22. The van der Waals surface area contributed by atoms with E-state index in [-0.39, 0.29) is 6.04 Å². The highest BCUT2D eigenvalue weighted by molar-refractivity contribution is 8.00. The van der Waals surface area contributed by atoms with E-state index in [1.807, 2.05) is 23.7 Å². The molecule has 0 aromatic heterocycles. The molecule has 1 unspecified atom stereocenters. The molecule has 1 amide bonds. The lowest BCUT2D eigenvalue weighted by molar-refractivity contribution is -0.129. The number of amides is 1. The summed E-state index contributed by atoms with van der Waals surface area (Å²) < 4.78 is 0.415. The Morgan fingerprint density at radius 2 is 2.36 bits per heavy atom. The summed E-state index contributed by atoms with van der Waals surface area (Å²) in [5.41, 5.74) is 0. The molecule has 0 spiro atoms. The van der Waals surface area contributed by atoms with Gasteiger partial charge in [0, 0.05) is 17.8 Å². The molecular formula is C10H18N2OS. The number of rotatable bonds is 4.